The van der Waals surface area contributed by atoms with Gasteiger partial charge >= 0.3 is 0 Å². The molecule has 1 N–H and O–H groups in total. The monoisotopic (exact) mass is 632 g/mol. The standard InChI is InChI=1S/C43H36O5/c1-45-31-17-13-29(14-18-31)43(30-15-19-32(46-2)20-16-30)24-23-36-40-39(37-25-33(47-3)21-22-34(37)41(36)48-43)35-11-7-8-12-38(35)42(40,27-44)26-28-9-5-4-6-10-28/h4-25,44H,26-27H2,1-3H3. The summed E-state index contributed by atoms with van der Waals surface area (Å²) in [5, 5.41) is 13.6. The third kappa shape index (κ3) is 4.42. The second kappa shape index (κ2) is 11.6. The molecule has 0 aromatic heterocycles. The van der Waals surface area contributed by atoms with Crippen LogP contribution in [0.15, 0.2) is 127 Å². The largest absolute Gasteiger partial charge is 0.497 e. The van der Waals surface area contributed by atoms with E-state index in [9.17, 15) is 5.11 Å². The minimum absolute atomic E-state index is 0.0657. The Morgan fingerprint density at radius 2 is 1.25 bits per heavy atom. The highest BCUT2D eigenvalue weighted by Crippen LogP contribution is 2.59. The molecule has 0 bridgehead atoms. The predicted molar refractivity (Wildman–Crippen MR) is 190 cm³/mol. The van der Waals surface area contributed by atoms with Crippen LogP contribution >= 0.6 is 0 Å². The summed E-state index contributed by atoms with van der Waals surface area (Å²) in [5.74, 6) is 3.06. The molecule has 0 saturated heterocycles. The lowest BCUT2D eigenvalue weighted by molar-refractivity contribution is 0.162. The molecule has 1 aliphatic carbocycles. The Balaban J connectivity index is 1.45. The minimum Gasteiger partial charge on any atom is -0.497 e. The highest BCUT2D eigenvalue weighted by atomic mass is 16.5. The summed E-state index contributed by atoms with van der Waals surface area (Å²) >= 11 is 0. The van der Waals surface area contributed by atoms with Gasteiger partial charge in [-0.05, 0) is 88.2 Å². The molecule has 48 heavy (non-hydrogen) atoms. The van der Waals surface area contributed by atoms with E-state index >= 15 is 0 Å². The zero-order chi connectivity index (χ0) is 32.9. The van der Waals surface area contributed by atoms with Crippen LogP contribution in [0.5, 0.6) is 23.0 Å². The van der Waals surface area contributed by atoms with Crippen molar-refractivity contribution in [2.45, 2.75) is 17.4 Å². The predicted octanol–water partition coefficient (Wildman–Crippen LogP) is 8.72. The average Bonchev–Trinajstić information content (AvgIpc) is 3.45. The Morgan fingerprint density at radius 3 is 1.88 bits per heavy atom. The van der Waals surface area contributed by atoms with E-state index in [0.717, 1.165) is 78.3 Å². The van der Waals surface area contributed by atoms with Crippen molar-refractivity contribution in [2.24, 2.45) is 0 Å². The van der Waals surface area contributed by atoms with E-state index in [-0.39, 0.29) is 6.61 Å². The molecular formula is C43H36O5. The van der Waals surface area contributed by atoms with Crippen LogP contribution in [-0.2, 0) is 17.4 Å². The van der Waals surface area contributed by atoms with Crippen LogP contribution in [0.3, 0.4) is 0 Å². The van der Waals surface area contributed by atoms with E-state index in [4.69, 9.17) is 18.9 Å². The van der Waals surface area contributed by atoms with E-state index < -0.39 is 11.0 Å². The molecule has 0 amide bonds. The van der Waals surface area contributed by atoms with Crippen LogP contribution in [0.25, 0.3) is 28.0 Å². The van der Waals surface area contributed by atoms with Crippen LogP contribution in [0, 0.1) is 0 Å². The second-order valence-electron chi connectivity index (χ2n) is 12.5. The number of benzene rings is 6. The van der Waals surface area contributed by atoms with Crippen molar-refractivity contribution < 1.29 is 24.1 Å². The topological polar surface area (TPSA) is 57.2 Å². The van der Waals surface area contributed by atoms with Gasteiger partial charge in [0.25, 0.3) is 0 Å². The molecule has 8 rings (SSSR count). The number of hydrogen-bond donors (Lipinski definition) is 1. The SMILES string of the molecule is COc1ccc(C2(c3ccc(OC)cc3)C=Cc3c4c(c5cc(OC)ccc5c3O2)-c2ccccc2C4(CO)Cc2ccccc2)cc1. The minimum atomic E-state index is -0.959. The zero-order valence-electron chi connectivity index (χ0n) is 27.2. The Hall–Kier alpha value is -5.52. The number of aliphatic hydroxyl groups excluding tert-OH is 1. The summed E-state index contributed by atoms with van der Waals surface area (Å²) in [4.78, 5) is 0. The molecule has 1 atom stereocenters. The first kappa shape index (κ1) is 29.9. The molecule has 1 heterocycles. The Bertz CT molecular complexity index is 2120. The molecule has 1 unspecified atom stereocenters. The van der Waals surface area contributed by atoms with Crippen molar-refractivity contribution >= 4 is 16.8 Å². The molecule has 1 aliphatic heterocycles. The molecule has 0 saturated carbocycles. The molecule has 5 nitrogen and oxygen atoms in total. The van der Waals surface area contributed by atoms with Gasteiger partial charge in [0, 0.05) is 27.5 Å². The quantitative estimate of drug-likeness (QED) is 0.182. The summed E-state index contributed by atoms with van der Waals surface area (Å²) in [6, 6.07) is 41.2. The van der Waals surface area contributed by atoms with Gasteiger partial charge in [0.1, 0.15) is 23.0 Å². The van der Waals surface area contributed by atoms with Crippen molar-refractivity contribution in [3.05, 3.63) is 161 Å². The Kier molecular flexibility index (Phi) is 7.23. The molecule has 6 aromatic rings. The Labute approximate surface area is 280 Å². The lowest BCUT2D eigenvalue weighted by Gasteiger charge is -2.39. The van der Waals surface area contributed by atoms with Gasteiger partial charge < -0.3 is 24.1 Å². The summed E-state index contributed by atoms with van der Waals surface area (Å²) < 4.78 is 24.3. The summed E-state index contributed by atoms with van der Waals surface area (Å²) in [7, 11) is 5.03. The molecule has 5 heteroatoms. The molecule has 0 spiro atoms. The van der Waals surface area contributed by atoms with Crippen LogP contribution in [0.4, 0.5) is 0 Å². The van der Waals surface area contributed by atoms with Gasteiger partial charge in [-0.15, -0.1) is 0 Å². The fourth-order valence-electron chi connectivity index (χ4n) is 7.78. The van der Waals surface area contributed by atoms with Crippen LogP contribution < -0.4 is 18.9 Å². The molecule has 0 radical (unpaired) electrons. The van der Waals surface area contributed by atoms with Gasteiger partial charge in [0.15, 0.2) is 5.60 Å². The van der Waals surface area contributed by atoms with Crippen molar-refractivity contribution in [3.8, 4) is 34.1 Å². The zero-order valence-corrected chi connectivity index (χ0v) is 27.2. The van der Waals surface area contributed by atoms with Gasteiger partial charge in [-0.2, -0.15) is 0 Å². The molecule has 6 aromatic carbocycles. The summed E-state index contributed by atoms with van der Waals surface area (Å²) in [5.41, 5.74) is 6.78. The summed E-state index contributed by atoms with van der Waals surface area (Å²) in [6.07, 6.45) is 4.99. The highest BCUT2D eigenvalue weighted by molar-refractivity contribution is 6.09. The molecule has 238 valence electrons. The van der Waals surface area contributed by atoms with Crippen molar-refractivity contribution in [3.63, 3.8) is 0 Å². The second-order valence-corrected chi connectivity index (χ2v) is 12.5. The van der Waals surface area contributed by atoms with Crippen LogP contribution in [0.2, 0.25) is 0 Å². The number of methoxy groups -OCH3 is 3. The number of aliphatic hydroxyl groups is 1. The van der Waals surface area contributed by atoms with Crippen LogP contribution in [0.1, 0.15) is 33.4 Å². The van der Waals surface area contributed by atoms with E-state index in [1.165, 1.54) is 0 Å². The van der Waals surface area contributed by atoms with Crippen molar-refractivity contribution in [1.29, 1.82) is 0 Å². The number of ether oxygens (including phenoxy) is 4. The van der Waals surface area contributed by atoms with Gasteiger partial charge in [-0.3, -0.25) is 0 Å². The lowest BCUT2D eigenvalue weighted by Crippen LogP contribution is -2.37. The van der Waals surface area contributed by atoms with Crippen LogP contribution in [-0.4, -0.2) is 33.0 Å². The number of hydrogen-bond acceptors (Lipinski definition) is 5. The maximum absolute atomic E-state index is 11.6. The number of rotatable bonds is 8. The van der Waals surface area contributed by atoms with Crippen molar-refractivity contribution in [1.82, 2.24) is 0 Å². The Morgan fingerprint density at radius 1 is 0.646 bits per heavy atom. The van der Waals surface area contributed by atoms with E-state index in [2.05, 4.69) is 97.1 Å². The summed E-state index contributed by atoms with van der Waals surface area (Å²) in [6.45, 7) is -0.0657. The first-order valence-electron chi connectivity index (χ1n) is 16.2. The highest BCUT2D eigenvalue weighted by Gasteiger charge is 2.48. The van der Waals surface area contributed by atoms with Gasteiger partial charge in [0.2, 0.25) is 0 Å². The van der Waals surface area contributed by atoms with Gasteiger partial charge in [-0.1, -0.05) is 84.9 Å². The average molecular weight is 633 g/mol. The molecule has 0 fully saturated rings. The smallest absolute Gasteiger partial charge is 0.178 e. The molecule has 2 aliphatic rings. The van der Waals surface area contributed by atoms with Gasteiger partial charge in [0.05, 0.1) is 27.9 Å². The number of fused-ring (bicyclic) bond motifs is 8. The lowest BCUT2D eigenvalue weighted by atomic mass is 9.71. The third-order valence-electron chi connectivity index (χ3n) is 10.1. The van der Waals surface area contributed by atoms with E-state index in [1.807, 2.05) is 36.4 Å². The first-order chi connectivity index (χ1) is 23.5. The van der Waals surface area contributed by atoms with Crippen molar-refractivity contribution in [2.75, 3.05) is 27.9 Å². The van der Waals surface area contributed by atoms with E-state index in [1.54, 1.807) is 21.3 Å². The first-order valence-corrected chi connectivity index (χ1v) is 16.2. The van der Waals surface area contributed by atoms with Gasteiger partial charge in [-0.25, -0.2) is 0 Å². The fraction of sp³-hybridized carbons (Fsp3) is 0.163. The maximum atomic E-state index is 11.6. The third-order valence-corrected chi connectivity index (χ3v) is 10.1. The maximum Gasteiger partial charge on any atom is 0.178 e. The van der Waals surface area contributed by atoms with E-state index in [0.29, 0.717) is 6.42 Å². The molecular weight excluding hydrogens is 596 g/mol. The normalized spacial score (nSPS) is 16.8. The fourth-order valence-corrected chi connectivity index (χ4v) is 7.78.